The van der Waals surface area contributed by atoms with E-state index < -0.39 is 32.7 Å². The third kappa shape index (κ3) is 2.26. The molecule has 14 heavy (non-hydrogen) atoms. The molecule has 0 heterocycles. The van der Waals surface area contributed by atoms with E-state index in [2.05, 4.69) is 0 Å². The van der Waals surface area contributed by atoms with Crippen LogP contribution >= 0.6 is 11.6 Å². The van der Waals surface area contributed by atoms with Gasteiger partial charge in [-0.25, -0.2) is 0 Å². The zero-order valence-corrected chi connectivity index (χ0v) is 8.04. The van der Waals surface area contributed by atoms with E-state index in [-0.39, 0.29) is 0 Å². The normalized spacial score (nSPS) is 14.1. The molecule has 2 nitrogen and oxygen atoms in total. The lowest BCUT2D eigenvalue weighted by Crippen LogP contribution is -2.07. The smallest absolute Gasteiger partial charge is 0.417 e. The average molecular weight is 244 g/mol. The molecule has 0 N–H and O–H groups in total. The maximum atomic E-state index is 12.2. The zero-order valence-electron chi connectivity index (χ0n) is 6.47. The summed E-state index contributed by atoms with van der Waals surface area (Å²) >= 11 is 2.51. The van der Waals surface area contributed by atoms with Crippen molar-refractivity contribution in [2.75, 3.05) is 0 Å². The largest absolute Gasteiger partial charge is 0.768 e. The summed E-state index contributed by atoms with van der Waals surface area (Å²) in [5.41, 5.74) is -1.15. The number of alkyl halides is 3. The van der Waals surface area contributed by atoms with Gasteiger partial charge in [0.25, 0.3) is 0 Å². The van der Waals surface area contributed by atoms with E-state index in [9.17, 15) is 21.9 Å². The van der Waals surface area contributed by atoms with Crippen molar-refractivity contribution in [3.05, 3.63) is 28.8 Å². The molecule has 0 aliphatic rings. The number of benzene rings is 1. The molecule has 1 unspecified atom stereocenters. The van der Waals surface area contributed by atoms with Crippen molar-refractivity contribution in [3.63, 3.8) is 0 Å². The number of hydrogen-bond donors (Lipinski definition) is 0. The van der Waals surface area contributed by atoms with Crippen LogP contribution in [0, 0.1) is 0 Å². The molecule has 0 amide bonds. The maximum absolute atomic E-state index is 12.2. The standard InChI is InChI=1S/C7H4ClF3O2S/c8-6-4(7(9,10)11)2-1-3-5(6)14(12)13/h1-3H,(H,12,13)/p-1. The van der Waals surface area contributed by atoms with Gasteiger partial charge in [0.2, 0.25) is 0 Å². The molecule has 1 atom stereocenters. The third-order valence-corrected chi connectivity index (χ3v) is 2.67. The second-order valence-corrected chi connectivity index (χ2v) is 3.64. The summed E-state index contributed by atoms with van der Waals surface area (Å²) in [5, 5.41) is -0.798. The van der Waals surface area contributed by atoms with Crippen molar-refractivity contribution < 1.29 is 21.9 Å². The van der Waals surface area contributed by atoms with Gasteiger partial charge in [0.05, 0.1) is 10.6 Å². The highest BCUT2D eigenvalue weighted by molar-refractivity contribution is 7.79. The van der Waals surface area contributed by atoms with Gasteiger partial charge in [0, 0.05) is 4.90 Å². The highest BCUT2D eigenvalue weighted by atomic mass is 35.5. The van der Waals surface area contributed by atoms with Crippen LogP contribution in [-0.2, 0) is 17.3 Å². The van der Waals surface area contributed by atoms with Crippen LogP contribution in [0.25, 0.3) is 0 Å². The quantitative estimate of drug-likeness (QED) is 0.712. The van der Waals surface area contributed by atoms with Crippen molar-refractivity contribution in [3.8, 4) is 0 Å². The molecular weight excluding hydrogens is 241 g/mol. The van der Waals surface area contributed by atoms with Gasteiger partial charge in [-0.2, -0.15) is 13.2 Å². The van der Waals surface area contributed by atoms with Gasteiger partial charge in [0.15, 0.2) is 0 Å². The molecule has 1 aromatic rings. The molecule has 0 saturated carbocycles. The molecule has 1 aromatic carbocycles. The lowest BCUT2D eigenvalue weighted by molar-refractivity contribution is -0.137. The highest BCUT2D eigenvalue weighted by Gasteiger charge is 2.33. The minimum Gasteiger partial charge on any atom is -0.768 e. The van der Waals surface area contributed by atoms with Crippen molar-refractivity contribution in [1.29, 1.82) is 0 Å². The third-order valence-electron chi connectivity index (χ3n) is 1.45. The Kier molecular flexibility index (Phi) is 3.18. The molecule has 0 bridgehead atoms. The predicted octanol–water partition coefficient (Wildman–Crippen LogP) is 2.60. The summed E-state index contributed by atoms with van der Waals surface area (Å²) in [5.74, 6) is 0. The Hall–Kier alpha value is -0.590. The van der Waals surface area contributed by atoms with E-state index in [0.717, 1.165) is 18.2 Å². The number of halogens is 4. The Morgan fingerprint density at radius 3 is 2.36 bits per heavy atom. The van der Waals surface area contributed by atoms with Crippen LogP contribution in [0.5, 0.6) is 0 Å². The van der Waals surface area contributed by atoms with Crippen LogP contribution in [0.4, 0.5) is 13.2 Å². The Morgan fingerprint density at radius 2 is 1.93 bits per heavy atom. The summed E-state index contributed by atoms with van der Waals surface area (Å²) in [7, 11) is 0. The summed E-state index contributed by atoms with van der Waals surface area (Å²) in [6.07, 6.45) is -4.65. The Bertz CT molecular complexity index is 378. The Labute approximate surface area is 85.0 Å². The molecule has 0 fully saturated rings. The van der Waals surface area contributed by atoms with Gasteiger partial charge >= 0.3 is 6.18 Å². The molecule has 7 heteroatoms. The minimum atomic E-state index is -4.65. The second-order valence-electron chi connectivity index (χ2n) is 2.35. The first-order valence-corrected chi connectivity index (χ1v) is 4.74. The van der Waals surface area contributed by atoms with Crippen LogP contribution in [-0.4, -0.2) is 8.76 Å². The zero-order chi connectivity index (χ0) is 10.9. The van der Waals surface area contributed by atoms with Crippen LogP contribution in [0.15, 0.2) is 23.1 Å². The molecule has 0 aromatic heterocycles. The van der Waals surface area contributed by atoms with Crippen molar-refractivity contribution >= 4 is 22.7 Å². The van der Waals surface area contributed by atoms with Crippen LogP contribution in [0.2, 0.25) is 5.02 Å². The van der Waals surface area contributed by atoms with Gasteiger partial charge in [-0.3, -0.25) is 4.21 Å². The molecule has 0 spiro atoms. The maximum Gasteiger partial charge on any atom is 0.417 e. The van der Waals surface area contributed by atoms with E-state index in [0.29, 0.717) is 0 Å². The number of hydrogen-bond acceptors (Lipinski definition) is 2. The summed E-state index contributed by atoms with van der Waals surface area (Å²) in [6, 6.07) is 2.71. The van der Waals surface area contributed by atoms with Crippen molar-refractivity contribution in [1.82, 2.24) is 0 Å². The molecule has 0 radical (unpaired) electrons. The summed E-state index contributed by atoms with van der Waals surface area (Å²) < 4.78 is 57.5. The first kappa shape index (κ1) is 11.5. The summed E-state index contributed by atoms with van der Waals surface area (Å²) in [6.45, 7) is 0. The fourth-order valence-corrected chi connectivity index (χ4v) is 1.73. The van der Waals surface area contributed by atoms with E-state index >= 15 is 0 Å². The minimum absolute atomic E-state index is 0.554. The van der Waals surface area contributed by atoms with Gasteiger partial charge in [-0.1, -0.05) is 17.7 Å². The van der Waals surface area contributed by atoms with Crippen molar-refractivity contribution in [2.24, 2.45) is 0 Å². The van der Waals surface area contributed by atoms with Gasteiger partial charge < -0.3 is 4.55 Å². The Balaban J connectivity index is 3.35. The van der Waals surface area contributed by atoms with E-state index in [1.54, 1.807) is 0 Å². The molecule has 0 aliphatic heterocycles. The van der Waals surface area contributed by atoms with Gasteiger partial charge in [0.1, 0.15) is 0 Å². The molecule has 1 rings (SSSR count). The average Bonchev–Trinajstić information content (AvgIpc) is 2.01. The monoisotopic (exact) mass is 243 g/mol. The Morgan fingerprint density at radius 1 is 1.36 bits per heavy atom. The highest BCUT2D eigenvalue weighted by Crippen LogP contribution is 2.36. The predicted molar refractivity (Wildman–Crippen MR) is 43.6 cm³/mol. The van der Waals surface area contributed by atoms with Crippen LogP contribution in [0.1, 0.15) is 5.56 Å². The summed E-state index contributed by atoms with van der Waals surface area (Å²) in [4.78, 5) is -0.554. The van der Waals surface area contributed by atoms with Crippen molar-refractivity contribution in [2.45, 2.75) is 11.1 Å². The fraction of sp³-hybridized carbons (Fsp3) is 0.143. The topological polar surface area (TPSA) is 40.1 Å². The van der Waals surface area contributed by atoms with Gasteiger partial charge in [-0.15, -0.1) is 0 Å². The van der Waals surface area contributed by atoms with Crippen LogP contribution in [0.3, 0.4) is 0 Å². The van der Waals surface area contributed by atoms with E-state index in [1.807, 2.05) is 0 Å². The molecule has 0 aliphatic carbocycles. The van der Waals surface area contributed by atoms with Gasteiger partial charge in [-0.05, 0) is 23.2 Å². The number of rotatable bonds is 1. The molecule has 78 valence electrons. The molecular formula is C7H3ClF3O2S-. The van der Waals surface area contributed by atoms with E-state index in [1.165, 1.54) is 0 Å². The lowest BCUT2D eigenvalue weighted by atomic mass is 10.2. The second kappa shape index (κ2) is 3.88. The first-order valence-electron chi connectivity index (χ1n) is 3.29. The lowest BCUT2D eigenvalue weighted by Gasteiger charge is -2.13. The fourth-order valence-electron chi connectivity index (χ4n) is 0.858. The SMILES string of the molecule is O=S([O-])c1cccc(C(F)(F)F)c1Cl. The first-order chi connectivity index (χ1) is 6.34. The van der Waals surface area contributed by atoms with Crippen LogP contribution < -0.4 is 0 Å². The van der Waals surface area contributed by atoms with E-state index in [4.69, 9.17) is 11.6 Å². The molecule has 0 saturated heterocycles.